The highest BCUT2D eigenvalue weighted by molar-refractivity contribution is 6.62. The van der Waals surface area contributed by atoms with Crippen LogP contribution < -0.4 is 5.46 Å². The molecule has 4 aromatic carbocycles. The maximum absolute atomic E-state index is 9.16. The molecule has 1 fully saturated rings. The number of nitrogens with zero attached hydrogens (tertiary/aromatic N) is 1. The van der Waals surface area contributed by atoms with Crippen LogP contribution in [-0.2, 0) is 9.31 Å². The number of fused-ring (bicyclic) bond motifs is 3. The van der Waals surface area contributed by atoms with Gasteiger partial charge in [0.25, 0.3) is 0 Å². The second-order valence-corrected chi connectivity index (χ2v) is 10.4. The average molecular weight is 471 g/mol. The number of benzene rings is 4. The number of rotatable bonds is 3. The Bertz CT molecular complexity index is 1640. The zero-order valence-electron chi connectivity index (χ0n) is 20.8. The number of furan rings is 1. The second-order valence-electron chi connectivity index (χ2n) is 10.4. The smallest absolute Gasteiger partial charge is 0.455 e. The third kappa shape index (κ3) is 3.53. The first-order valence-corrected chi connectivity index (χ1v) is 12.2. The quantitative estimate of drug-likeness (QED) is 0.264. The molecule has 2 heterocycles. The highest BCUT2D eigenvalue weighted by atomic mass is 16.7. The van der Waals surface area contributed by atoms with Crippen LogP contribution in [0.3, 0.4) is 0 Å². The lowest BCUT2D eigenvalue weighted by Gasteiger charge is -2.32. The van der Waals surface area contributed by atoms with Crippen LogP contribution in [0.2, 0.25) is 0 Å². The molecule has 0 bridgehead atoms. The van der Waals surface area contributed by atoms with Crippen molar-refractivity contribution in [3.8, 4) is 28.3 Å². The first kappa shape index (κ1) is 22.6. The Morgan fingerprint density at radius 1 is 0.667 bits per heavy atom. The van der Waals surface area contributed by atoms with E-state index in [1.54, 1.807) is 0 Å². The summed E-state index contributed by atoms with van der Waals surface area (Å²) in [5.41, 5.74) is 6.61. The zero-order chi connectivity index (χ0) is 25.1. The lowest BCUT2D eigenvalue weighted by atomic mass is 9.78. The predicted octanol–water partition coefficient (Wildman–Crippen LogP) is 7.09. The molecule has 0 N–H and O–H groups in total. The number of nitriles is 1. The van der Waals surface area contributed by atoms with Crippen LogP contribution in [0.25, 0.3) is 44.2 Å². The van der Waals surface area contributed by atoms with E-state index in [-0.39, 0.29) is 0 Å². The van der Waals surface area contributed by atoms with Gasteiger partial charge in [0, 0.05) is 21.9 Å². The minimum Gasteiger partial charge on any atom is -0.455 e. The summed E-state index contributed by atoms with van der Waals surface area (Å²) in [5.74, 6) is 0. The van der Waals surface area contributed by atoms with Gasteiger partial charge in [-0.1, -0.05) is 72.8 Å². The molecule has 1 aliphatic rings. The fourth-order valence-electron chi connectivity index (χ4n) is 4.83. The van der Waals surface area contributed by atoms with Gasteiger partial charge in [-0.15, -0.1) is 0 Å². The Labute approximate surface area is 211 Å². The SMILES string of the molecule is CC1(C)OB(c2cccc(-c3cccc4c3oc3c(-c5ccc(C#N)cc5)cccc34)c2)OC1(C)C. The lowest BCUT2D eigenvalue weighted by molar-refractivity contribution is 0.00578. The molecule has 0 aliphatic carbocycles. The standard InChI is InChI=1S/C31H26BNO3/c1-30(2)31(3,4)36-32(35-30)23-9-5-8-22(18-23)25-11-7-13-27-26-12-6-10-24(28(26)34-29(25)27)21-16-14-20(19-33)15-17-21/h5-18H,1-4H3. The Morgan fingerprint density at radius 2 is 1.22 bits per heavy atom. The van der Waals surface area contributed by atoms with Gasteiger partial charge in [-0.3, -0.25) is 0 Å². The van der Waals surface area contributed by atoms with E-state index in [4.69, 9.17) is 19.0 Å². The summed E-state index contributed by atoms with van der Waals surface area (Å²) in [6.45, 7) is 8.27. The maximum Gasteiger partial charge on any atom is 0.494 e. The molecule has 0 atom stereocenters. The molecule has 36 heavy (non-hydrogen) atoms. The van der Waals surface area contributed by atoms with Crippen LogP contribution in [0.5, 0.6) is 0 Å². The molecule has 0 spiro atoms. The van der Waals surface area contributed by atoms with Crippen molar-refractivity contribution < 1.29 is 13.7 Å². The summed E-state index contributed by atoms with van der Waals surface area (Å²) in [6.07, 6.45) is 0. The third-order valence-corrected chi connectivity index (χ3v) is 7.57. The highest BCUT2D eigenvalue weighted by Gasteiger charge is 2.51. The van der Waals surface area contributed by atoms with Crippen LogP contribution in [0.1, 0.15) is 33.3 Å². The van der Waals surface area contributed by atoms with Crippen LogP contribution in [0.4, 0.5) is 0 Å². The van der Waals surface area contributed by atoms with Crippen molar-refractivity contribution in [2.75, 3.05) is 0 Å². The normalized spacial score (nSPS) is 16.5. The van der Waals surface area contributed by atoms with Crippen molar-refractivity contribution >= 4 is 34.5 Å². The lowest BCUT2D eigenvalue weighted by Crippen LogP contribution is -2.41. The first-order chi connectivity index (χ1) is 17.3. The van der Waals surface area contributed by atoms with E-state index >= 15 is 0 Å². The van der Waals surface area contributed by atoms with Crippen LogP contribution >= 0.6 is 0 Å². The summed E-state index contributed by atoms with van der Waals surface area (Å²) < 4.78 is 19.2. The van der Waals surface area contributed by atoms with Gasteiger partial charge in [-0.05, 0) is 56.4 Å². The molecule has 5 aromatic rings. The Hall–Kier alpha value is -3.85. The molecular formula is C31H26BNO3. The van der Waals surface area contributed by atoms with Gasteiger partial charge in [0.1, 0.15) is 11.2 Å². The molecule has 4 nitrogen and oxygen atoms in total. The first-order valence-electron chi connectivity index (χ1n) is 12.2. The highest BCUT2D eigenvalue weighted by Crippen LogP contribution is 2.40. The van der Waals surface area contributed by atoms with Crippen LogP contribution in [-0.4, -0.2) is 18.3 Å². The number of hydrogen-bond acceptors (Lipinski definition) is 4. The summed E-state index contributed by atoms with van der Waals surface area (Å²) in [7, 11) is -0.423. The summed E-state index contributed by atoms with van der Waals surface area (Å²) in [6, 6.07) is 30.6. The fraction of sp³-hybridized carbons (Fsp3) is 0.194. The van der Waals surface area contributed by atoms with Gasteiger partial charge in [-0.2, -0.15) is 5.26 Å². The largest absolute Gasteiger partial charge is 0.494 e. The molecule has 1 saturated heterocycles. The molecule has 0 saturated carbocycles. The zero-order valence-corrected chi connectivity index (χ0v) is 20.8. The van der Waals surface area contributed by atoms with E-state index in [1.807, 2.05) is 36.4 Å². The average Bonchev–Trinajstić information content (AvgIpc) is 3.37. The van der Waals surface area contributed by atoms with E-state index in [0.717, 1.165) is 49.7 Å². The molecule has 0 amide bonds. The second kappa shape index (κ2) is 8.10. The van der Waals surface area contributed by atoms with Crippen molar-refractivity contribution in [3.05, 3.63) is 90.5 Å². The molecule has 0 unspecified atom stereocenters. The van der Waals surface area contributed by atoms with E-state index in [1.165, 1.54) is 0 Å². The van der Waals surface area contributed by atoms with Gasteiger partial charge < -0.3 is 13.7 Å². The van der Waals surface area contributed by atoms with Gasteiger partial charge in [0.2, 0.25) is 0 Å². The summed E-state index contributed by atoms with van der Waals surface area (Å²) in [4.78, 5) is 0. The molecule has 6 rings (SSSR count). The Morgan fingerprint density at radius 3 is 1.81 bits per heavy atom. The molecule has 5 heteroatoms. The van der Waals surface area contributed by atoms with Crippen LogP contribution in [0, 0.1) is 11.3 Å². The number of hydrogen-bond donors (Lipinski definition) is 0. The molecule has 1 aromatic heterocycles. The van der Waals surface area contributed by atoms with Crippen molar-refractivity contribution in [3.63, 3.8) is 0 Å². The molecule has 0 radical (unpaired) electrons. The van der Waals surface area contributed by atoms with Crippen molar-refractivity contribution in [2.45, 2.75) is 38.9 Å². The maximum atomic E-state index is 9.16. The van der Waals surface area contributed by atoms with E-state index in [2.05, 4.69) is 82.3 Å². The van der Waals surface area contributed by atoms with E-state index < -0.39 is 18.3 Å². The van der Waals surface area contributed by atoms with Crippen molar-refractivity contribution in [1.82, 2.24) is 0 Å². The van der Waals surface area contributed by atoms with Gasteiger partial charge in [0.15, 0.2) is 0 Å². The minimum absolute atomic E-state index is 0.395. The fourth-order valence-corrected chi connectivity index (χ4v) is 4.83. The Balaban J connectivity index is 1.47. The van der Waals surface area contributed by atoms with Crippen molar-refractivity contribution in [1.29, 1.82) is 5.26 Å². The van der Waals surface area contributed by atoms with E-state index in [0.29, 0.717) is 5.56 Å². The summed E-state index contributed by atoms with van der Waals surface area (Å²) in [5, 5.41) is 11.3. The molecule has 176 valence electrons. The topological polar surface area (TPSA) is 55.4 Å². The van der Waals surface area contributed by atoms with Gasteiger partial charge in [-0.25, -0.2) is 0 Å². The number of para-hydroxylation sites is 2. The van der Waals surface area contributed by atoms with Crippen LogP contribution in [0.15, 0.2) is 89.3 Å². The van der Waals surface area contributed by atoms with E-state index in [9.17, 15) is 0 Å². The van der Waals surface area contributed by atoms with Gasteiger partial charge in [0.05, 0.1) is 22.8 Å². The monoisotopic (exact) mass is 471 g/mol. The van der Waals surface area contributed by atoms with Crippen molar-refractivity contribution in [2.24, 2.45) is 0 Å². The predicted molar refractivity (Wildman–Crippen MR) is 145 cm³/mol. The minimum atomic E-state index is -0.423. The molecular weight excluding hydrogens is 445 g/mol. The third-order valence-electron chi connectivity index (χ3n) is 7.57. The summed E-state index contributed by atoms with van der Waals surface area (Å²) >= 11 is 0. The Kier molecular flexibility index (Phi) is 5.08. The molecule has 1 aliphatic heterocycles. The van der Waals surface area contributed by atoms with Gasteiger partial charge >= 0.3 is 7.12 Å².